The fraction of sp³-hybridized carbons (Fsp3) is 0.333. The van der Waals surface area contributed by atoms with E-state index in [1.165, 1.54) is 6.33 Å². The van der Waals surface area contributed by atoms with E-state index in [1.807, 2.05) is 38.1 Å². The van der Waals surface area contributed by atoms with Crippen LogP contribution in [0.5, 0.6) is 5.75 Å². The van der Waals surface area contributed by atoms with Gasteiger partial charge in [-0.3, -0.25) is 0 Å². The van der Waals surface area contributed by atoms with Gasteiger partial charge in [-0.2, -0.15) is 0 Å². The summed E-state index contributed by atoms with van der Waals surface area (Å²) in [6, 6.07) is 7.41. The molecule has 0 aliphatic rings. The largest absolute Gasteiger partial charge is 0.497 e. The standard InChI is InChI=1S/C15H18N2O2/c1-11(2)15(18,13-8-16-10-17-9-13)12-4-6-14(19-3)7-5-12/h4-11,18H,1-3H3. The number of hydrogen-bond donors (Lipinski definition) is 1. The third kappa shape index (κ3) is 2.44. The van der Waals surface area contributed by atoms with Crippen LogP contribution in [0.3, 0.4) is 0 Å². The molecule has 1 N–H and O–H groups in total. The highest BCUT2D eigenvalue weighted by molar-refractivity contribution is 5.37. The Balaban J connectivity index is 2.50. The van der Waals surface area contributed by atoms with Crippen molar-refractivity contribution in [1.29, 1.82) is 0 Å². The molecule has 1 atom stereocenters. The quantitative estimate of drug-likeness (QED) is 0.914. The molecule has 0 amide bonds. The fourth-order valence-corrected chi connectivity index (χ4v) is 2.17. The van der Waals surface area contributed by atoms with Gasteiger partial charge in [0.2, 0.25) is 0 Å². The summed E-state index contributed by atoms with van der Waals surface area (Å²) in [5.41, 5.74) is 0.390. The van der Waals surface area contributed by atoms with Crippen LogP contribution >= 0.6 is 0 Å². The fourth-order valence-electron chi connectivity index (χ4n) is 2.17. The number of aromatic nitrogens is 2. The first kappa shape index (κ1) is 13.5. The van der Waals surface area contributed by atoms with E-state index in [2.05, 4.69) is 9.97 Å². The summed E-state index contributed by atoms with van der Waals surface area (Å²) in [6.45, 7) is 3.94. The Morgan fingerprint density at radius 1 is 1.05 bits per heavy atom. The van der Waals surface area contributed by atoms with Crippen molar-refractivity contribution in [3.05, 3.63) is 54.1 Å². The molecule has 0 aliphatic carbocycles. The van der Waals surface area contributed by atoms with Crippen molar-refractivity contribution in [3.8, 4) is 5.75 Å². The monoisotopic (exact) mass is 258 g/mol. The topological polar surface area (TPSA) is 55.2 Å². The van der Waals surface area contributed by atoms with E-state index in [1.54, 1.807) is 19.5 Å². The predicted molar refractivity (Wildman–Crippen MR) is 72.9 cm³/mol. The van der Waals surface area contributed by atoms with Crippen molar-refractivity contribution in [2.24, 2.45) is 5.92 Å². The highest BCUT2D eigenvalue weighted by Gasteiger charge is 2.35. The molecule has 0 spiro atoms. The highest BCUT2D eigenvalue weighted by atomic mass is 16.5. The van der Waals surface area contributed by atoms with Gasteiger partial charge in [-0.05, 0) is 23.6 Å². The summed E-state index contributed by atoms with van der Waals surface area (Å²) < 4.78 is 5.14. The van der Waals surface area contributed by atoms with Gasteiger partial charge >= 0.3 is 0 Å². The van der Waals surface area contributed by atoms with Crippen molar-refractivity contribution >= 4 is 0 Å². The summed E-state index contributed by atoms with van der Waals surface area (Å²) in [7, 11) is 1.62. The van der Waals surface area contributed by atoms with Crippen molar-refractivity contribution < 1.29 is 9.84 Å². The lowest BCUT2D eigenvalue weighted by atomic mass is 9.79. The lowest BCUT2D eigenvalue weighted by Crippen LogP contribution is -2.33. The first-order valence-corrected chi connectivity index (χ1v) is 6.21. The molecule has 1 unspecified atom stereocenters. The van der Waals surface area contributed by atoms with E-state index in [0.717, 1.165) is 11.3 Å². The zero-order valence-electron chi connectivity index (χ0n) is 11.4. The molecule has 0 saturated carbocycles. The number of benzene rings is 1. The van der Waals surface area contributed by atoms with Crippen molar-refractivity contribution in [2.45, 2.75) is 19.4 Å². The SMILES string of the molecule is COc1ccc(C(O)(c2cncnc2)C(C)C)cc1. The Bertz CT molecular complexity index is 526. The van der Waals surface area contributed by atoms with Gasteiger partial charge in [-0.1, -0.05) is 26.0 Å². The molecule has 0 radical (unpaired) electrons. The first-order chi connectivity index (χ1) is 9.09. The Hall–Kier alpha value is -1.94. The minimum absolute atomic E-state index is 0.00750. The molecule has 100 valence electrons. The maximum atomic E-state index is 11.1. The van der Waals surface area contributed by atoms with Crippen LogP contribution in [-0.4, -0.2) is 22.2 Å². The zero-order valence-corrected chi connectivity index (χ0v) is 11.4. The number of ether oxygens (including phenoxy) is 1. The summed E-state index contributed by atoms with van der Waals surface area (Å²) >= 11 is 0. The molecule has 1 aromatic carbocycles. The molecule has 0 aliphatic heterocycles. The average molecular weight is 258 g/mol. The second kappa shape index (κ2) is 5.36. The highest BCUT2D eigenvalue weighted by Crippen LogP contribution is 2.36. The Kier molecular flexibility index (Phi) is 3.81. The van der Waals surface area contributed by atoms with Gasteiger partial charge in [0, 0.05) is 18.0 Å². The van der Waals surface area contributed by atoms with E-state index in [-0.39, 0.29) is 5.92 Å². The van der Waals surface area contributed by atoms with Gasteiger partial charge in [-0.15, -0.1) is 0 Å². The third-order valence-electron chi connectivity index (χ3n) is 3.37. The van der Waals surface area contributed by atoms with Gasteiger partial charge < -0.3 is 9.84 Å². The Morgan fingerprint density at radius 3 is 2.11 bits per heavy atom. The van der Waals surface area contributed by atoms with Crippen LogP contribution in [0.2, 0.25) is 0 Å². The van der Waals surface area contributed by atoms with E-state index >= 15 is 0 Å². The predicted octanol–water partition coefficient (Wildman–Crippen LogP) is 2.38. The van der Waals surface area contributed by atoms with E-state index in [0.29, 0.717) is 5.56 Å². The Labute approximate surface area is 113 Å². The van der Waals surface area contributed by atoms with E-state index < -0.39 is 5.60 Å². The molecule has 19 heavy (non-hydrogen) atoms. The van der Waals surface area contributed by atoms with Crippen LogP contribution in [-0.2, 0) is 5.60 Å². The van der Waals surface area contributed by atoms with Crippen molar-refractivity contribution in [2.75, 3.05) is 7.11 Å². The lowest BCUT2D eigenvalue weighted by molar-refractivity contribution is 0.0310. The minimum atomic E-state index is -1.10. The molecule has 2 rings (SSSR count). The van der Waals surface area contributed by atoms with Crippen molar-refractivity contribution in [1.82, 2.24) is 9.97 Å². The van der Waals surface area contributed by atoms with E-state index in [4.69, 9.17) is 4.74 Å². The van der Waals surface area contributed by atoms with Crippen molar-refractivity contribution in [3.63, 3.8) is 0 Å². The number of aliphatic hydroxyl groups is 1. The minimum Gasteiger partial charge on any atom is -0.497 e. The lowest BCUT2D eigenvalue weighted by Gasteiger charge is -2.32. The van der Waals surface area contributed by atoms with Gasteiger partial charge in [0.05, 0.1) is 7.11 Å². The van der Waals surface area contributed by atoms with Crippen LogP contribution in [0.1, 0.15) is 25.0 Å². The summed E-state index contributed by atoms with van der Waals surface area (Å²) in [5, 5.41) is 11.1. The Morgan fingerprint density at radius 2 is 1.63 bits per heavy atom. The third-order valence-corrected chi connectivity index (χ3v) is 3.37. The molecule has 4 heteroatoms. The maximum absolute atomic E-state index is 11.1. The van der Waals surface area contributed by atoms with Crippen LogP contribution in [0, 0.1) is 5.92 Å². The van der Waals surface area contributed by atoms with Crippen LogP contribution in [0.4, 0.5) is 0 Å². The van der Waals surface area contributed by atoms with Crippen LogP contribution in [0.15, 0.2) is 43.0 Å². The van der Waals surface area contributed by atoms with Gasteiger partial charge in [-0.25, -0.2) is 9.97 Å². The molecule has 1 heterocycles. The summed E-state index contributed by atoms with van der Waals surface area (Å²) in [5.74, 6) is 0.756. The number of methoxy groups -OCH3 is 1. The molecule has 1 aromatic heterocycles. The molecule has 2 aromatic rings. The normalized spacial score (nSPS) is 14.2. The maximum Gasteiger partial charge on any atom is 0.120 e. The van der Waals surface area contributed by atoms with E-state index in [9.17, 15) is 5.11 Å². The second-order valence-corrected chi connectivity index (χ2v) is 4.78. The summed E-state index contributed by atoms with van der Waals surface area (Å²) in [4.78, 5) is 7.99. The molecule has 0 saturated heterocycles. The summed E-state index contributed by atoms with van der Waals surface area (Å²) in [6.07, 6.45) is 4.76. The molecular formula is C15H18N2O2. The average Bonchev–Trinajstić information content (AvgIpc) is 2.47. The smallest absolute Gasteiger partial charge is 0.120 e. The number of nitrogens with zero attached hydrogens (tertiary/aromatic N) is 2. The molecular weight excluding hydrogens is 240 g/mol. The molecule has 0 bridgehead atoms. The van der Waals surface area contributed by atoms with Crippen LogP contribution in [0.25, 0.3) is 0 Å². The zero-order chi connectivity index (χ0) is 13.9. The molecule has 4 nitrogen and oxygen atoms in total. The van der Waals surface area contributed by atoms with Crippen LogP contribution < -0.4 is 4.74 Å². The van der Waals surface area contributed by atoms with Gasteiger partial charge in [0.25, 0.3) is 0 Å². The first-order valence-electron chi connectivity index (χ1n) is 6.21. The molecule has 0 fully saturated rings. The number of hydrogen-bond acceptors (Lipinski definition) is 4. The van der Waals surface area contributed by atoms with Gasteiger partial charge in [0.15, 0.2) is 0 Å². The number of rotatable bonds is 4. The second-order valence-electron chi connectivity index (χ2n) is 4.78. The van der Waals surface area contributed by atoms with Gasteiger partial charge in [0.1, 0.15) is 17.7 Å².